The number of rotatable bonds is 3. The summed E-state index contributed by atoms with van der Waals surface area (Å²) in [5.41, 5.74) is 5.58. The van der Waals surface area contributed by atoms with Gasteiger partial charge in [0.15, 0.2) is 0 Å². The van der Waals surface area contributed by atoms with Crippen molar-refractivity contribution < 1.29 is 0 Å². The van der Waals surface area contributed by atoms with Crippen LogP contribution in [0.15, 0.2) is 0 Å². The molecule has 2 atom stereocenters. The Morgan fingerprint density at radius 3 is 2.73 bits per heavy atom. The van der Waals surface area contributed by atoms with E-state index in [9.17, 15) is 0 Å². The molecule has 1 saturated carbocycles. The fraction of sp³-hybridized carbons (Fsp3) is 0.917. The summed E-state index contributed by atoms with van der Waals surface area (Å²) in [4.78, 5) is 3.32. The molecule has 0 bridgehead atoms. The van der Waals surface area contributed by atoms with Crippen LogP contribution in [0.4, 0.5) is 0 Å². The molecule has 0 unspecified atom stereocenters. The normalized spacial score (nSPS) is 32.3. The first-order chi connectivity index (χ1) is 7.27. The Hall–Kier alpha value is -0.150. The highest BCUT2D eigenvalue weighted by atomic mass is 32.1. The van der Waals surface area contributed by atoms with Crippen LogP contribution in [-0.2, 0) is 0 Å². The number of piperidine rings is 1. The highest BCUT2D eigenvalue weighted by Crippen LogP contribution is 2.35. The molecular formula is C12H22N2S. The van der Waals surface area contributed by atoms with Gasteiger partial charge in [-0.15, -0.1) is 0 Å². The summed E-state index contributed by atoms with van der Waals surface area (Å²) in [7, 11) is 0. The van der Waals surface area contributed by atoms with Crippen molar-refractivity contribution in [2.24, 2.45) is 11.7 Å². The van der Waals surface area contributed by atoms with E-state index in [2.05, 4.69) is 4.90 Å². The molecule has 3 heteroatoms. The van der Waals surface area contributed by atoms with Gasteiger partial charge < -0.3 is 5.73 Å². The van der Waals surface area contributed by atoms with Gasteiger partial charge in [0.25, 0.3) is 0 Å². The van der Waals surface area contributed by atoms with Crippen molar-refractivity contribution in [2.45, 2.75) is 51.0 Å². The van der Waals surface area contributed by atoms with Gasteiger partial charge in [0.05, 0.1) is 4.99 Å². The second kappa shape index (κ2) is 5.26. The van der Waals surface area contributed by atoms with Crippen molar-refractivity contribution in [3.63, 3.8) is 0 Å². The monoisotopic (exact) mass is 226 g/mol. The minimum atomic E-state index is 0.674. The number of nitrogens with two attached hydrogens (primary N) is 1. The van der Waals surface area contributed by atoms with Crippen molar-refractivity contribution in [1.82, 2.24) is 4.90 Å². The second-order valence-corrected chi connectivity index (χ2v) is 5.53. The zero-order valence-electron chi connectivity index (χ0n) is 9.45. The molecule has 0 aromatic heterocycles. The topological polar surface area (TPSA) is 29.3 Å². The second-order valence-electron chi connectivity index (χ2n) is 5.01. The molecule has 0 spiro atoms. The van der Waals surface area contributed by atoms with Crippen molar-refractivity contribution in [3.8, 4) is 0 Å². The molecule has 2 aliphatic rings. The zero-order valence-corrected chi connectivity index (χ0v) is 10.3. The van der Waals surface area contributed by atoms with Gasteiger partial charge in [-0.25, -0.2) is 0 Å². The Morgan fingerprint density at radius 1 is 1.20 bits per heavy atom. The quantitative estimate of drug-likeness (QED) is 0.749. The summed E-state index contributed by atoms with van der Waals surface area (Å²) >= 11 is 4.96. The Kier molecular flexibility index (Phi) is 3.98. The fourth-order valence-corrected chi connectivity index (χ4v) is 3.35. The molecule has 2 N–H and O–H groups in total. The minimum Gasteiger partial charge on any atom is -0.393 e. The van der Waals surface area contributed by atoms with Crippen LogP contribution in [0.1, 0.15) is 44.9 Å². The summed E-state index contributed by atoms with van der Waals surface area (Å²) in [6, 6.07) is 0.849. The third-order valence-corrected chi connectivity index (χ3v) is 4.21. The largest absolute Gasteiger partial charge is 0.393 e. The van der Waals surface area contributed by atoms with Gasteiger partial charge >= 0.3 is 0 Å². The average Bonchev–Trinajstić information content (AvgIpc) is 2.26. The van der Waals surface area contributed by atoms with Crippen LogP contribution >= 0.6 is 12.2 Å². The molecule has 2 fully saturated rings. The highest BCUT2D eigenvalue weighted by Gasteiger charge is 2.32. The standard InChI is InChI=1S/C12H22N2S/c13-12(15)7-9-14-8-3-5-10-4-1-2-6-11(10)14/h10-11H,1-9H2,(H2,13,15)/t10-,11-/m1/s1. The number of fused-ring (bicyclic) bond motifs is 1. The van der Waals surface area contributed by atoms with Crippen molar-refractivity contribution in [1.29, 1.82) is 0 Å². The van der Waals surface area contributed by atoms with E-state index in [-0.39, 0.29) is 0 Å². The molecular weight excluding hydrogens is 204 g/mol. The molecule has 0 amide bonds. The van der Waals surface area contributed by atoms with E-state index in [4.69, 9.17) is 18.0 Å². The van der Waals surface area contributed by atoms with E-state index in [1.54, 1.807) is 0 Å². The molecule has 1 heterocycles. The molecule has 1 aliphatic carbocycles. The maximum atomic E-state index is 5.58. The van der Waals surface area contributed by atoms with Gasteiger partial charge in [0.1, 0.15) is 0 Å². The maximum absolute atomic E-state index is 5.58. The SMILES string of the molecule is NC(=S)CCN1CCC[C@H]2CCCC[C@H]21. The van der Waals surface area contributed by atoms with Gasteiger partial charge in [-0.05, 0) is 38.1 Å². The van der Waals surface area contributed by atoms with E-state index in [1.165, 1.54) is 45.1 Å². The first-order valence-electron chi connectivity index (χ1n) is 6.30. The smallest absolute Gasteiger partial charge is 0.0740 e. The first-order valence-corrected chi connectivity index (χ1v) is 6.70. The average molecular weight is 226 g/mol. The molecule has 2 rings (SSSR count). The highest BCUT2D eigenvalue weighted by molar-refractivity contribution is 7.80. The Bertz CT molecular complexity index is 228. The number of hydrogen-bond donors (Lipinski definition) is 1. The third-order valence-electron chi connectivity index (χ3n) is 4.00. The van der Waals surface area contributed by atoms with Crippen molar-refractivity contribution in [2.75, 3.05) is 13.1 Å². The van der Waals surface area contributed by atoms with Crippen LogP contribution in [0, 0.1) is 5.92 Å². The van der Waals surface area contributed by atoms with E-state index in [0.29, 0.717) is 4.99 Å². The molecule has 15 heavy (non-hydrogen) atoms. The van der Waals surface area contributed by atoms with Gasteiger partial charge in [-0.2, -0.15) is 0 Å². The predicted molar refractivity (Wildman–Crippen MR) is 68.0 cm³/mol. The lowest BCUT2D eigenvalue weighted by atomic mass is 9.78. The van der Waals surface area contributed by atoms with E-state index in [1.807, 2.05) is 0 Å². The van der Waals surface area contributed by atoms with E-state index < -0.39 is 0 Å². The third kappa shape index (κ3) is 2.91. The molecule has 1 saturated heterocycles. The number of hydrogen-bond acceptors (Lipinski definition) is 2. The summed E-state index contributed by atoms with van der Waals surface area (Å²) < 4.78 is 0. The lowest BCUT2D eigenvalue weighted by Crippen LogP contribution is -2.47. The molecule has 2 nitrogen and oxygen atoms in total. The number of likely N-dealkylation sites (tertiary alicyclic amines) is 1. The van der Waals surface area contributed by atoms with Crippen LogP contribution in [0.25, 0.3) is 0 Å². The summed E-state index contributed by atoms with van der Waals surface area (Å²) in [6.07, 6.45) is 9.45. The molecule has 0 aromatic rings. The maximum Gasteiger partial charge on any atom is 0.0740 e. The Balaban J connectivity index is 1.88. The van der Waals surface area contributed by atoms with E-state index >= 15 is 0 Å². The minimum absolute atomic E-state index is 0.674. The number of nitrogens with zero attached hydrogens (tertiary/aromatic N) is 1. The summed E-state index contributed by atoms with van der Waals surface area (Å²) in [5, 5.41) is 0. The van der Waals surface area contributed by atoms with Crippen LogP contribution < -0.4 is 5.73 Å². The zero-order chi connectivity index (χ0) is 10.7. The van der Waals surface area contributed by atoms with E-state index in [0.717, 1.165) is 24.9 Å². The van der Waals surface area contributed by atoms with Crippen LogP contribution in [-0.4, -0.2) is 29.0 Å². The first kappa shape index (κ1) is 11.3. The van der Waals surface area contributed by atoms with Crippen LogP contribution in [0.3, 0.4) is 0 Å². The molecule has 1 aliphatic heterocycles. The summed E-state index contributed by atoms with van der Waals surface area (Å²) in [5.74, 6) is 0.971. The predicted octanol–water partition coefficient (Wildman–Crippen LogP) is 2.32. The van der Waals surface area contributed by atoms with Crippen molar-refractivity contribution >= 4 is 17.2 Å². The lowest BCUT2D eigenvalue weighted by Gasteiger charge is -2.44. The van der Waals surface area contributed by atoms with Crippen LogP contribution in [0.5, 0.6) is 0 Å². The van der Waals surface area contributed by atoms with Crippen molar-refractivity contribution in [3.05, 3.63) is 0 Å². The Labute approximate surface area is 98.2 Å². The molecule has 0 radical (unpaired) electrons. The Morgan fingerprint density at radius 2 is 1.93 bits per heavy atom. The molecule has 0 aromatic carbocycles. The van der Waals surface area contributed by atoms with Crippen LogP contribution in [0.2, 0.25) is 0 Å². The fourth-order valence-electron chi connectivity index (χ4n) is 3.26. The van der Waals surface area contributed by atoms with Gasteiger partial charge in [-0.3, -0.25) is 4.90 Å². The summed E-state index contributed by atoms with van der Waals surface area (Å²) in [6.45, 7) is 2.36. The van der Waals surface area contributed by atoms with Gasteiger partial charge in [-0.1, -0.05) is 25.1 Å². The lowest BCUT2D eigenvalue weighted by molar-refractivity contribution is 0.0635. The van der Waals surface area contributed by atoms with Gasteiger partial charge in [0, 0.05) is 19.0 Å². The van der Waals surface area contributed by atoms with Gasteiger partial charge in [0.2, 0.25) is 0 Å². The molecule has 86 valence electrons. The number of thiocarbonyl (C=S) groups is 1.